The smallest absolute Gasteiger partial charge is 0.244 e. The van der Waals surface area contributed by atoms with Crippen molar-refractivity contribution in [3.63, 3.8) is 0 Å². The van der Waals surface area contributed by atoms with Gasteiger partial charge in [-0.15, -0.1) is 0 Å². The standard InChI is InChI=1S/C19H28ClN3O3S/c1-2-9-21(14-16-7-8-16)15-19(24)22-10-12-23(13-11-22)27(25,26)18-6-4-3-5-17(18)20/h3-6,16H,2,7-15H2,1H3. The van der Waals surface area contributed by atoms with Crippen LogP contribution in [0.3, 0.4) is 0 Å². The highest BCUT2D eigenvalue weighted by molar-refractivity contribution is 7.89. The van der Waals surface area contributed by atoms with Crippen LogP contribution < -0.4 is 0 Å². The van der Waals surface area contributed by atoms with Gasteiger partial charge in [-0.25, -0.2) is 8.42 Å². The summed E-state index contributed by atoms with van der Waals surface area (Å²) in [6.45, 7) is 5.94. The predicted molar refractivity (Wildman–Crippen MR) is 106 cm³/mol. The molecule has 3 rings (SSSR count). The summed E-state index contributed by atoms with van der Waals surface area (Å²) >= 11 is 6.06. The number of amides is 1. The fraction of sp³-hybridized carbons (Fsp3) is 0.632. The van der Waals surface area contributed by atoms with Gasteiger partial charge in [0.1, 0.15) is 4.90 Å². The Balaban J connectivity index is 1.56. The van der Waals surface area contributed by atoms with Crippen molar-refractivity contribution in [1.82, 2.24) is 14.1 Å². The van der Waals surface area contributed by atoms with Crippen LogP contribution in [0.15, 0.2) is 29.2 Å². The lowest BCUT2D eigenvalue weighted by atomic mass is 10.3. The molecule has 1 amide bonds. The van der Waals surface area contributed by atoms with Crippen molar-refractivity contribution in [2.24, 2.45) is 5.92 Å². The first-order valence-electron chi connectivity index (χ1n) is 9.66. The van der Waals surface area contributed by atoms with Crippen molar-refractivity contribution in [1.29, 1.82) is 0 Å². The zero-order valence-electron chi connectivity index (χ0n) is 15.8. The molecule has 2 fully saturated rings. The summed E-state index contributed by atoms with van der Waals surface area (Å²) in [5, 5.41) is 0.228. The molecule has 0 aromatic heterocycles. The van der Waals surface area contributed by atoms with Gasteiger partial charge in [-0.1, -0.05) is 30.7 Å². The molecule has 2 aliphatic rings. The lowest BCUT2D eigenvalue weighted by Crippen LogP contribution is -2.52. The zero-order valence-corrected chi connectivity index (χ0v) is 17.4. The Kier molecular flexibility index (Phi) is 6.78. The Labute approximate surface area is 167 Å². The summed E-state index contributed by atoms with van der Waals surface area (Å²) in [5.74, 6) is 0.848. The van der Waals surface area contributed by atoms with E-state index in [1.54, 1.807) is 23.1 Å². The molecular formula is C19H28ClN3O3S. The monoisotopic (exact) mass is 413 g/mol. The summed E-state index contributed by atoms with van der Waals surface area (Å²) in [4.78, 5) is 16.8. The van der Waals surface area contributed by atoms with Crippen molar-refractivity contribution in [3.8, 4) is 0 Å². The molecule has 1 saturated heterocycles. The number of hydrogen-bond acceptors (Lipinski definition) is 4. The summed E-state index contributed by atoms with van der Waals surface area (Å²) in [5.41, 5.74) is 0. The van der Waals surface area contributed by atoms with Crippen molar-refractivity contribution >= 4 is 27.5 Å². The number of piperazine rings is 1. The summed E-state index contributed by atoms with van der Waals surface area (Å²) in [6, 6.07) is 6.48. The number of halogens is 1. The molecule has 1 saturated carbocycles. The Morgan fingerprint density at radius 3 is 2.44 bits per heavy atom. The van der Waals surface area contributed by atoms with E-state index in [0.717, 1.165) is 25.4 Å². The normalized spacial score (nSPS) is 18.9. The van der Waals surface area contributed by atoms with Gasteiger partial charge in [-0.05, 0) is 43.9 Å². The van der Waals surface area contributed by atoms with Crippen molar-refractivity contribution in [2.75, 3.05) is 45.8 Å². The number of hydrogen-bond donors (Lipinski definition) is 0. The third kappa shape index (κ3) is 5.22. The van der Waals surface area contributed by atoms with E-state index in [2.05, 4.69) is 11.8 Å². The molecule has 0 unspecified atom stereocenters. The molecule has 0 bridgehead atoms. The highest BCUT2D eigenvalue weighted by Crippen LogP contribution is 2.30. The molecule has 0 spiro atoms. The van der Waals surface area contributed by atoms with Gasteiger partial charge >= 0.3 is 0 Å². The number of benzene rings is 1. The number of carbonyl (C=O) groups is 1. The Hall–Kier alpha value is -1.15. The van der Waals surface area contributed by atoms with Gasteiger partial charge in [-0.2, -0.15) is 4.31 Å². The molecule has 0 atom stereocenters. The minimum atomic E-state index is -3.63. The number of carbonyl (C=O) groups excluding carboxylic acids is 1. The molecule has 0 N–H and O–H groups in total. The van der Waals surface area contributed by atoms with Gasteiger partial charge in [0, 0.05) is 32.7 Å². The largest absolute Gasteiger partial charge is 0.339 e. The summed E-state index contributed by atoms with van der Waals surface area (Å²) in [6.07, 6.45) is 3.57. The zero-order chi connectivity index (χ0) is 19.4. The van der Waals surface area contributed by atoms with Gasteiger partial charge in [-0.3, -0.25) is 9.69 Å². The van der Waals surface area contributed by atoms with Crippen LogP contribution in [0, 0.1) is 5.92 Å². The molecule has 0 radical (unpaired) electrons. The van der Waals surface area contributed by atoms with E-state index in [1.165, 1.54) is 23.2 Å². The minimum absolute atomic E-state index is 0.0962. The van der Waals surface area contributed by atoms with Crippen molar-refractivity contribution in [3.05, 3.63) is 29.3 Å². The van der Waals surface area contributed by atoms with Crippen molar-refractivity contribution in [2.45, 2.75) is 31.1 Å². The fourth-order valence-corrected chi connectivity index (χ4v) is 5.39. The third-order valence-corrected chi connectivity index (χ3v) is 7.56. The maximum Gasteiger partial charge on any atom is 0.244 e. The Morgan fingerprint density at radius 1 is 1.19 bits per heavy atom. The van der Waals surface area contributed by atoms with E-state index in [4.69, 9.17) is 11.6 Å². The van der Waals surface area contributed by atoms with Crippen LogP contribution in [-0.4, -0.2) is 74.2 Å². The first-order valence-corrected chi connectivity index (χ1v) is 11.5. The van der Waals surface area contributed by atoms with Gasteiger partial charge in [0.05, 0.1) is 11.6 Å². The van der Waals surface area contributed by atoms with Crippen LogP contribution in [0.25, 0.3) is 0 Å². The predicted octanol–water partition coefficient (Wildman–Crippen LogP) is 2.29. The average Bonchev–Trinajstić information content (AvgIpc) is 3.46. The van der Waals surface area contributed by atoms with E-state index in [0.29, 0.717) is 32.7 Å². The minimum Gasteiger partial charge on any atom is -0.339 e. The molecule has 1 aromatic carbocycles. The highest BCUT2D eigenvalue weighted by Gasteiger charge is 2.32. The van der Waals surface area contributed by atoms with Gasteiger partial charge in [0.25, 0.3) is 0 Å². The lowest BCUT2D eigenvalue weighted by molar-refractivity contribution is -0.133. The number of nitrogens with zero attached hydrogens (tertiary/aromatic N) is 3. The van der Waals surface area contributed by atoms with E-state index in [-0.39, 0.29) is 15.8 Å². The Morgan fingerprint density at radius 2 is 1.85 bits per heavy atom. The molecular weight excluding hydrogens is 386 g/mol. The molecule has 1 aromatic rings. The van der Waals surface area contributed by atoms with Gasteiger partial charge < -0.3 is 4.90 Å². The fourth-order valence-electron chi connectivity index (χ4n) is 3.48. The van der Waals surface area contributed by atoms with E-state index in [1.807, 2.05) is 0 Å². The molecule has 1 heterocycles. The van der Waals surface area contributed by atoms with Gasteiger partial charge in [0.2, 0.25) is 15.9 Å². The average molecular weight is 414 g/mol. The third-order valence-electron chi connectivity index (χ3n) is 5.16. The number of rotatable bonds is 8. The van der Waals surface area contributed by atoms with Crippen LogP contribution >= 0.6 is 11.6 Å². The van der Waals surface area contributed by atoms with Crippen LogP contribution in [-0.2, 0) is 14.8 Å². The Bertz CT molecular complexity index is 759. The maximum absolute atomic E-state index is 12.8. The summed E-state index contributed by atoms with van der Waals surface area (Å²) in [7, 11) is -3.63. The van der Waals surface area contributed by atoms with Crippen molar-refractivity contribution < 1.29 is 13.2 Å². The second kappa shape index (κ2) is 8.90. The lowest BCUT2D eigenvalue weighted by Gasteiger charge is -2.35. The first kappa shape index (κ1) is 20.6. The summed E-state index contributed by atoms with van der Waals surface area (Å²) < 4.78 is 27.0. The highest BCUT2D eigenvalue weighted by atomic mass is 35.5. The molecule has 27 heavy (non-hydrogen) atoms. The SMILES string of the molecule is CCCN(CC(=O)N1CCN(S(=O)(=O)c2ccccc2Cl)CC1)CC1CC1. The maximum atomic E-state index is 12.8. The second-order valence-electron chi connectivity index (χ2n) is 7.39. The van der Waals surface area contributed by atoms with Crippen LogP contribution in [0.5, 0.6) is 0 Å². The van der Waals surface area contributed by atoms with E-state index < -0.39 is 10.0 Å². The molecule has 150 valence electrons. The molecule has 8 heteroatoms. The number of sulfonamides is 1. The van der Waals surface area contributed by atoms with Gasteiger partial charge in [0.15, 0.2) is 0 Å². The van der Waals surface area contributed by atoms with E-state index >= 15 is 0 Å². The second-order valence-corrected chi connectivity index (χ2v) is 9.71. The van der Waals surface area contributed by atoms with Crippen LogP contribution in [0.4, 0.5) is 0 Å². The molecule has 1 aliphatic carbocycles. The van der Waals surface area contributed by atoms with Crippen LogP contribution in [0.2, 0.25) is 5.02 Å². The van der Waals surface area contributed by atoms with Crippen LogP contribution in [0.1, 0.15) is 26.2 Å². The topological polar surface area (TPSA) is 60.9 Å². The quantitative estimate of drug-likeness (QED) is 0.656. The molecule has 1 aliphatic heterocycles. The first-order chi connectivity index (χ1) is 12.9. The van der Waals surface area contributed by atoms with E-state index in [9.17, 15) is 13.2 Å². The molecule has 6 nitrogen and oxygen atoms in total.